The summed E-state index contributed by atoms with van der Waals surface area (Å²) in [4.78, 5) is 10.4. The van der Waals surface area contributed by atoms with Crippen molar-refractivity contribution in [3.63, 3.8) is 0 Å². The Bertz CT molecular complexity index is 624. The number of methoxy groups -OCH3 is 1. The molecule has 0 radical (unpaired) electrons. The summed E-state index contributed by atoms with van der Waals surface area (Å²) < 4.78 is 67.0. The first-order valence-electron chi connectivity index (χ1n) is 4.72. The van der Waals surface area contributed by atoms with Crippen molar-refractivity contribution in [2.45, 2.75) is 16.3 Å². The van der Waals surface area contributed by atoms with Crippen LogP contribution in [-0.4, -0.2) is 26.8 Å². The molecule has 0 aliphatic carbocycles. The van der Waals surface area contributed by atoms with Gasteiger partial charge in [-0.3, -0.25) is 0 Å². The third kappa shape index (κ3) is 1.45. The maximum absolute atomic E-state index is 13.5. The summed E-state index contributed by atoms with van der Waals surface area (Å²) in [5.41, 5.74) is -0.908. The first-order valence-corrected chi connectivity index (χ1v) is 6.20. The molecule has 18 heavy (non-hydrogen) atoms. The number of alkyl halides is 3. The number of ether oxygens (including phenoxy) is 1. The average molecular weight is 280 g/mol. The van der Waals surface area contributed by atoms with Crippen LogP contribution < -0.4 is 0 Å². The third-order valence-electron chi connectivity index (χ3n) is 2.65. The van der Waals surface area contributed by atoms with Crippen molar-refractivity contribution in [2.24, 2.45) is 0 Å². The maximum atomic E-state index is 13.5. The molecule has 0 saturated carbocycles. The van der Waals surface area contributed by atoms with Crippen molar-refractivity contribution < 1.29 is 31.1 Å². The molecule has 1 aromatic rings. The molecular weight excluding hydrogens is 273 g/mol. The number of rotatable bonds is 1. The molecule has 0 fully saturated rings. The lowest BCUT2D eigenvalue weighted by molar-refractivity contribution is 0.0101. The number of esters is 1. The Morgan fingerprint density at radius 1 is 1.39 bits per heavy atom. The molecule has 1 heterocycles. The van der Waals surface area contributed by atoms with E-state index in [9.17, 15) is 26.4 Å². The van der Waals surface area contributed by atoms with Crippen molar-refractivity contribution in [1.82, 2.24) is 0 Å². The van der Waals surface area contributed by atoms with Gasteiger partial charge in [0.15, 0.2) is 0 Å². The van der Waals surface area contributed by atoms with Crippen molar-refractivity contribution in [2.75, 3.05) is 7.11 Å². The summed E-state index contributed by atoms with van der Waals surface area (Å²) in [6.07, 6.45) is -2.98. The van der Waals surface area contributed by atoms with E-state index >= 15 is 0 Å². The van der Waals surface area contributed by atoms with E-state index in [1.807, 2.05) is 0 Å². The van der Waals surface area contributed by atoms with E-state index in [2.05, 4.69) is 4.74 Å². The molecular formula is C10H7F3O4S. The predicted octanol–water partition coefficient (Wildman–Crippen LogP) is 1.86. The second-order valence-electron chi connectivity index (χ2n) is 3.67. The summed E-state index contributed by atoms with van der Waals surface area (Å²) >= 11 is 0. The van der Waals surface area contributed by atoms with E-state index in [0.717, 1.165) is 25.3 Å². The van der Waals surface area contributed by atoms with Crippen LogP contribution in [0, 0.1) is 0 Å². The molecule has 1 aliphatic heterocycles. The molecule has 1 unspecified atom stereocenters. The maximum Gasteiger partial charge on any atom is 0.384 e. The van der Waals surface area contributed by atoms with Crippen molar-refractivity contribution in [3.8, 4) is 0 Å². The van der Waals surface area contributed by atoms with Gasteiger partial charge in [0, 0.05) is 5.56 Å². The number of halogens is 3. The molecule has 2 rings (SSSR count). The highest BCUT2D eigenvalue weighted by Gasteiger charge is 2.61. The van der Waals surface area contributed by atoms with Crippen LogP contribution in [0.3, 0.4) is 0 Å². The van der Waals surface area contributed by atoms with E-state index in [0.29, 0.717) is 0 Å². The van der Waals surface area contributed by atoms with Crippen LogP contribution in [0.15, 0.2) is 23.1 Å². The van der Waals surface area contributed by atoms with Gasteiger partial charge in [0.2, 0.25) is 16.0 Å². The molecule has 0 N–H and O–H groups in total. The zero-order valence-corrected chi connectivity index (χ0v) is 9.80. The summed E-state index contributed by atoms with van der Waals surface area (Å²) in [5.74, 6) is -0.863. The largest absolute Gasteiger partial charge is 0.465 e. The number of fused-ring (bicyclic) bond motifs is 1. The lowest BCUT2D eigenvalue weighted by Gasteiger charge is -2.10. The minimum Gasteiger partial charge on any atom is -0.465 e. The van der Waals surface area contributed by atoms with Gasteiger partial charge in [-0.25, -0.2) is 17.6 Å². The minimum absolute atomic E-state index is 0.188. The highest BCUT2D eigenvalue weighted by Crippen LogP contribution is 2.51. The molecule has 1 aromatic carbocycles. The van der Waals surface area contributed by atoms with Crippen molar-refractivity contribution in [3.05, 3.63) is 29.3 Å². The number of carbonyl (C=O) groups is 1. The first-order chi connectivity index (χ1) is 8.23. The van der Waals surface area contributed by atoms with Crippen LogP contribution in [0.2, 0.25) is 0 Å². The molecule has 0 spiro atoms. The lowest BCUT2D eigenvalue weighted by atomic mass is 10.1. The van der Waals surface area contributed by atoms with Crippen LogP contribution in [0.4, 0.5) is 13.2 Å². The molecule has 98 valence electrons. The summed E-state index contributed by atoms with van der Waals surface area (Å²) in [5, 5.41) is -4.51. The van der Waals surface area contributed by atoms with Crippen LogP contribution in [-0.2, 0) is 14.6 Å². The highest BCUT2D eigenvalue weighted by atomic mass is 32.2. The predicted molar refractivity (Wildman–Crippen MR) is 53.8 cm³/mol. The number of benzene rings is 1. The number of hydrogen-bond donors (Lipinski definition) is 0. The van der Waals surface area contributed by atoms with Gasteiger partial charge in [-0.2, -0.15) is 8.78 Å². The smallest absolute Gasteiger partial charge is 0.384 e. The highest BCUT2D eigenvalue weighted by molar-refractivity contribution is 7.92. The minimum atomic E-state index is -5.04. The van der Waals surface area contributed by atoms with Crippen molar-refractivity contribution in [1.29, 1.82) is 0 Å². The fraction of sp³-hybridized carbons (Fsp3) is 0.300. The van der Waals surface area contributed by atoms with Gasteiger partial charge in [0.25, 0.3) is 0 Å². The van der Waals surface area contributed by atoms with Gasteiger partial charge < -0.3 is 4.74 Å². The summed E-state index contributed by atoms with van der Waals surface area (Å²) in [7, 11) is -3.98. The van der Waals surface area contributed by atoms with Gasteiger partial charge in [0.05, 0.1) is 17.6 Å². The van der Waals surface area contributed by atoms with Gasteiger partial charge in [-0.05, 0) is 18.2 Å². The van der Waals surface area contributed by atoms with Gasteiger partial charge in [0.1, 0.15) is 0 Å². The number of sulfone groups is 1. The fourth-order valence-corrected chi connectivity index (χ4v) is 3.11. The summed E-state index contributed by atoms with van der Waals surface area (Å²) in [6.45, 7) is 0. The number of hydrogen-bond acceptors (Lipinski definition) is 4. The molecule has 4 nitrogen and oxygen atoms in total. The van der Waals surface area contributed by atoms with E-state index < -0.39 is 37.7 Å². The van der Waals surface area contributed by atoms with Crippen LogP contribution >= 0.6 is 0 Å². The van der Waals surface area contributed by atoms with E-state index in [4.69, 9.17) is 0 Å². The quantitative estimate of drug-likeness (QED) is 0.737. The average Bonchev–Trinajstić information content (AvgIpc) is 2.47. The van der Waals surface area contributed by atoms with E-state index in [-0.39, 0.29) is 5.56 Å². The Kier molecular flexibility index (Phi) is 2.65. The topological polar surface area (TPSA) is 60.4 Å². The van der Waals surface area contributed by atoms with Gasteiger partial charge >= 0.3 is 11.2 Å². The molecule has 0 saturated heterocycles. The molecule has 0 bridgehead atoms. The Labute approximate surface area is 100 Å². The van der Waals surface area contributed by atoms with Crippen molar-refractivity contribution >= 4 is 15.8 Å². The standard InChI is InChI=1S/C10H7F3O4S/c1-17-9(14)5-2-3-7-6(4-5)8(11)10(12,13)18(7,15)16/h2-4,8H,1H3. The van der Waals surface area contributed by atoms with Crippen LogP contribution in [0.1, 0.15) is 22.1 Å². The lowest BCUT2D eigenvalue weighted by Crippen LogP contribution is -2.26. The molecule has 0 amide bonds. The molecule has 8 heteroatoms. The number of carbonyl (C=O) groups excluding carboxylic acids is 1. The fourth-order valence-electron chi connectivity index (χ4n) is 1.70. The Hall–Kier alpha value is -1.57. The Morgan fingerprint density at radius 3 is 2.56 bits per heavy atom. The molecule has 1 atom stereocenters. The zero-order valence-electron chi connectivity index (χ0n) is 8.98. The summed E-state index contributed by atoms with van der Waals surface area (Å²) in [6, 6.07) is 2.55. The Balaban J connectivity index is 2.66. The van der Waals surface area contributed by atoms with E-state index in [1.165, 1.54) is 0 Å². The zero-order chi connectivity index (χ0) is 13.7. The van der Waals surface area contributed by atoms with Crippen LogP contribution in [0.5, 0.6) is 0 Å². The normalized spacial score (nSPS) is 23.4. The second kappa shape index (κ2) is 3.71. The second-order valence-corrected chi connectivity index (χ2v) is 5.66. The van der Waals surface area contributed by atoms with Gasteiger partial charge in [-0.15, -0.1) is 0 Å². The molecule has 0 aromatic heterocycles. The van der Waals surface area contributed by atoms with Gasteiger partial charge in [-0.1, -0.05) is 0 Å². The monoisotopic (exact) mass is 280 g/mol. The first kappa shape index (κ1) is 12.9. The molecule has 1 aliphatic rings. The van der Waals surface area contributed by atoms with E-state index in [1.54, 1.807) is 0 Å². The van der Waals surface area contributed by atoms with Crippen LogP contribution in [0.25, 0.3) is 0 Å². The Morgan fingerprint density at radius 2 is 2.00 bits per heavy atom. The SMILES string of the molecule is COC(=O)c1ccc2c(c1)C(F)C(F)(F)S2(=O)=O. The third-order valence-corrected chi connectivity index (χ3v) is 4.52.